The molecule has 3 N–H and O–H groups in total. The van der Waals surface area contributed by atoms with E-state index in [2.05, 4.69) is 17.3 Å². The van der Waals surface area contributed by atoms with Crippen molar-refractivity contribution in [3.05, 3.63) is 24.0 Å². The zero-order valence-corrected chi connectivity index (χ0v) is 13.7. The minimum atomic E-state index is -0.499. The number of nitrogens with zero attached hydrogens (tertiary/aromatic N) is 3. The van der Waals surface area contributed by atoms with Crippen LogP contribution in [-0.4, -0.2) is 34.0 Å². The first-order valence-electron chi connectivity index (χ1n) is 8.42. The lowest BCUT2D eigenvalue weighted by Crippen LogP contribution is -2.43. The van der Waals surface area contributed by atoms with Crippen LogP contribution in [-0.2, 0) is 4.79 Å². The van der Waals surface area contributed by atoms with Crippen molar-refractivity contribution in [2.75, 3.05) is 16.8 Å². The summed E-state index contributed by atoms with van der Waals surface area (Å²) >= 11 is 0. The minimum Gasteiger partial charge on any atom is -0.380 e. The molecule has 2 amide bonds. The first-order chi connectivity index (χ1) is 11.5. The Labute approximate surface area is 139 Å². The second kappa shape index (κ2) is 5.51. The summed E-state index contributed by atoms with van der Waals surface area (Å²) in [6, 6.07) is 2.22. The molecule has 0 unspecified atom stereocenters. The van der Waals surface area contributed by atoms with E-state index in [0.717, 1.165) is 29.9 Å². The van der Waals surface area contributed by atoms with Crippen LogP contribution in [0.5, 0.6) is 0 Å². The Balaban J connectivity index is 1.79. The number of nitrogens with two attached hydrogens (primary N) is 1. The van der Waals surface area contributed by atoms with E-state index >= 15 is 0 Å². The van der Waals surface area contributed by atoms with E-state index in [0.29, 0.717) is 23.9 Å². The number of nitrogens with one attached hydrogen (secondary N) is 1. The highest BCUT2D eigenvalue weighted by molar-refractivity contribution is 6.04. The molecule has 0 aromatic carbocycles. The number of carbonyl (C=O) groups is 2. The van der Waals surface area contributed by atoms with Crippen LogP contribution in [0.2, 0.25) is 0 Å². The van der Waals surface area contributed by atoms with Crippen molar-refractivity contribution in [2.45, 2.75) is 38.6 Å². The van der Waals surface area contributed by atoms with Crippen LogP contribution in [0.25, 0.3) is 5.52 Å². The maximum absolute atomic E-state index is 11.8. The average Bonchev–Trinajstić information content (AvgIpc) is 3.12. The predicted molar refractivity (Wildman–Crippen MR) is 91.1 cm³/mol. The first kappa shape index (κ1) is 15.0. The van der Waals surface area contributed by atoms with Gasteiger partial charge in [-0.15, -0.1) is 0 Å². The molecule has 2 aliphatic rings. The summed E-state index contributed by atoms with van der Waals surface area (Å²) in [6.07, 6.45) is 7.34. The van der Waals surface area contributed by atoms with Gasteiger partial charge in [-0.1, -0.05) is 13.3 Å². The van der Waals surface area contributed by atoms with Crippen molar-refractivity contribution in [1.82, 2.24) is 9.61 Å². The summed E-state index contributed by atoms with van der Waals surface area (Å²) in [5, 5.41) is 7.80. The number of hydrogen-bond acceptors (Lipinski definition) is 4. The number of aromatic nitrogens is 2. The molecule has 2 aromatic heterocycles. The van der Waals surface area contributed by atoms with E-state index in [-0.39, 0.29) is 5.91 Å². The molecule has 0 bridgehead atoms. The molecule has 2 atom stereocenters. The number of fused-ring (bicyclic) bond motifs is 1. The van der Waals surface area contributed by atoms with Gasteiger partial charge in [0.15, 0.2) is 0 Å². The largest absolute Gasteiger partial charge is 0.380 e. The maximum Gasteiger partial charge on any atom is 0.252 e. The number of hydrogen-bond donors (Lipinski definition) is 2. The third kappa shape index (κ3) is 2.31. The Hall–Kier alpha value is -2.57. The smallest absolute Gasteiger partial charge is 0.252 e. The molecule has 2 aromatic rings. The van der Waals surface area contributed by atoms with Crippen LogP contribution in [0, 0.1) is 5.92 Å². The fraction of sp³-hybridized carbons (Fsp3) is 0.471. The lowest BCUT2D eigenvalue weighted by atomic mass is 10.1. The predicted octanol–water partition coefficient (Wildman–Crippen LogP) is 1.77. The molecular weight excluding hydrogens is 306 g/mol. The van der Waals surface area contributed by atoms with Crippen molar-refractivity contribution in [3.8, 4) is 0 Å². The van der Waals surface area contributed by atoms with Crippen molar-refractivity contribution in [3.63, 3.8) is 0 Å². The van der Waals surface area contributed by atoms with Gasteiger partial charge in [-0.2, -0.15) is 5.10 Å². The number of amides is 2. The van der Waals surface area contributed by atoms with Gasteiger partial charge < -0.3 is 16.0 Å². The average molecular weight is 327 g/mol. The summed E-state index contributed by atoms with van der Waals surface area (Å²) in [5.41, 5.74) is 8.24. The molecule has 4 rings (SSSR count). The van der Waals surface area contributed by atoms with E-state index in [1.165, 1.54) is 19.0 Å². The number of carbonyl (C=O) groups excluding carboxylic acids is 2. The van der Waals surface area contributed by atoms with Crippen LogP contribution in [0.3, 0.4) is 0 Å². The van der Waals surface area contributed by atoms with E-state index in [1.54, 1.807) is 9.42 Å². The Bertz CT molecular complexity index is 828. The third-order valence-corrected chi connectivity index (χ3v) is 5.24. The van der Waals surface area contributed by atoms with Gasteiger partial charge in [0, 0.05) is 19.0 Å². The van der Waals surface area contributed by atoms with Crippen molar-refractivity contribution < 1.29 is 9.59 Å². The van der Waals surface area contributed by atoms with Crippen molar-refractivity contribution in [2.24, 2.45) is 11.7 Å². The van der Waals surface area contributed by atoms with E-state index in [1.807, 2.05) is 12.3 Å². The normalized spacial score (nSPS) is 23.5. The molecule has 1 aliphatic heterocycles. The van der Waals surface area contributed by atoms with Crippen molar-refractivity contribution >= 4 is 28.7 Å². The zero-order chi connectivity index (χ0) is 16.8. The van der Waals surface area contributed by atoms with Gasteiger partial charge in [0.25, 0.3) is 5.91 Å². The molecule has 2 fully saturated rings. The summed E-state index contributed by atoms with van der Waals surface area (Å²) in [5.74, 6) is 0.159. The van der Waals surface area contributed by atoms with Crippen LogP contribution in [0.1, 0.15) is 43.0 Å². The van der Waals surface area contributed by atoms with Gasteiger partial charge in [-0.25, -0.2) is 4.52 Å². The number of primary amides is 1. The van der Waals surface area contributed by atoms with E-state index in [9.17, 15) is 9.59 Å². The second-order valence-corrected chi connectivity index (χ2v) is 6.78. The Morgan fingerprint density at radius 1 is 1.42 bits per heavy atom. The third-order valence-electron chi connectivity index (χ3n) is 5.24. The van der Waals surface area contributed by atoms with E-state index in [4.69, 9.17) is 5.73 Å². The Morgan fingerprint density at radius 3 is 2.83 bits per heavy atom. The molecular formula is C17H21N5O2. The lowest BCUT2D eigenvalue weighted by Gasteiger charge is -2.29. The number of β-lactam (4-membered cyclic amide) rings is 1. The second-order valence-electron chi connectivity index (χ2n) is 6.78. The van der Waals surface area contributed by atoms with Gasteiger partial charge in [0.05, 0.1) is 34.8 Å². The molecule has 0 radical (unpaired) electrons. The first-order valence-corrected chi connectivity index (χ1v) is 8.42. The monoisotopic (exact) mass is 327 g/mol. The highest BCUT2D eigenvalue weighted by Gasteiger charge is 2.29. The summed E-state index contributed by atoms with van der Waals surface area (Å²) in [7, 11) is 0. The van der Waals surface area contributed by atoms with Crippen molar-refractivity contribution in [1.29, 1.82) is 0 Å². The minimum absolute atomic E-state index is 0.111. The number of rotatable bonds is 4. The molecule has 7 nitrogen and oxygen atoms in total. The summed E-state index contributed by atoms with van der Waals surface area (Å²) in [6.45, 7) is 2.94. The summed E-state index contributed by atoms with van der Waals surface area (Å²) < 4.78 is 1.70. The molecule has 7 heteroatoms. The lowest BCUT2D eigenvalue weighted by molar-refractivity contribution is -0.122. The summed E-state index contributed by atoms with van der Waals surface area (Å²) in [4.78, 5) is 25.3. The van der Waals surface area contributed by atoms with Crippen LogP contribution in [0.15, 0.2) is 18.5 Å². The Kier molecular flexibility index (Phi) is 3.44. The number of anilines is 2. The van der Waals surface area contributed by atoms with Crippen LogP contribution < -0.4 is 16.0 Å². The Morgan fingerprint density at radius 2 is 2.25 bits per heavy atom. The molecule has 0 spiro atoms. The molecule has 24 heavy (non-hydrogen) atoms. The quantitative estimate of drug-likeness (QED) is 0.837. The van der Waals surface area contributed by atoms with Gasteiger partial charge in [0.2, 0.25) is 5.91 Å². The van der Waals surface area contributed by atoms with Gasteiger partial charge in [-0.3, -0.25) is 9.59 Å². The highest BCUT2D eigenvalue weighted by atomic mass is 16.2. The van der Waals surface area contributed by atoms with Gasteiger partial charge >= 0.3 is 0 Å². The molecule has 126 valence electrons. The molecule has 3 heterocycles. The SMILES string of the molecule is C[C@@H]1CCC[C@H]1Nc1c(C(N)=O)cnn2cc(N3CCC3=O)cc12. The fourth-order valence-corrected chi connectivity index (χ4v) is 3.66. The zero-order valence-electron chi connectivity index (χ0n) is 13.7. The fourth-order valence-electron chi connectivity index (χ4n) is 3.66. The van der Waals surface area contributed by atoms with Gasteiger partial charge in [0.1, 0.15) is 0 Å². The van der Waals surface area contributed by atoms with Crippen LogP contribution in [0.4, 0.5) is 11.4 Å². The standard InChI is InChI=1S/C17H21N5O2/c1-10-3-2-4-13(10)20-16-12(17(18)24)8-19-22-9-11(7-14(16)22)21-6-5-15(21)23/h7-10,13,20H,2-6H2,1H3,(H2,18,24)/t10-,13-/m1/s1. The maximum atomic E-state index is 11.8. The van der Waals surface area contributed by atoms with Crippen LogP contribution >= 0.6 is 0 Å². The molecule has 1 aliphatic carbocycles. The molecule has 1 saturated carbocycles. The molecule has 1 saturated heterocycles. The van der Waals surface area contributed by atoms with E-state index < -0.39 is 5.91 Å². The van der Waals surface area contributed by atoms with Gasteiger partial charge in [-0.05, 0) is 24.8 Å². The topological polar surface area (TPSA) is 92.7 Å². The highest BCUT2D eigenvalue weighted by Crippen LogP contribution is 2.33.